The Morgan fingerprint density at radius 2 is 1.85 bits per heavy atom. The summed E-state index contributed by atoms with van der Waals surface area (Å²) < 4.78 is 1.58. The molecule has 8 nitrogen and oxygen atoms in total. The van der Waals surface area contributed by atoms with Crippen molar-refractivity contribution in [1.29, 1.82) is 0 Å². The average molecular weight is 382 g/mol. The number of aromatic carboxylic acids is 1. The predicted molar refractivity (Wildman–Crippen MR) is 98.8 cm³/mol. The first-order chi connectivity index (χ1) is 12.9. The quantitative estimate of drug-likeness (QED) is 0.641. The second-order valence-corrected chi connectivity index (χ2v) is 6.79. The number of thioether (sulfide) groups is 1. The summed E-state index contributed by atoms with van der Waals surface area (Å²) in [7, 11) is 0. The first-order valence-electron chi connectivity index (χ1n) is 8.04. The summed E-state index contributed by atoms with van der Waals surface area (Å²) in [5, 5.41) is 25.6. The van der Waals surface area contributed by atoms with Crippen LogP contribution in [0.1, 0.15) is 21.5 Å². The Kier molecular flexibility index (Phi) is 5.51. The van der Waals surface area contributed by atoms with Crippen molar-refractivity contribution in [2.24, 2.45) is 0 Å². The molecule has 1 N–H and O–H groups in total. The third kappa shape index (κ3) is 4.50. The van der Waals surface area contributed by atoms with Gasteiger partial charge in [-0.15, -0.1) is 5.10 Å². The Morgan fingerprint density at radius 3 is 2.52 bits per heavy atom. The van der Waals surface area contributed by atoms with E-state index in [-0.39, 0.29) is 17.2 Å². The molecule has 138 valence electrons. The number of tetrazole rings is 1. The van der Waals surface area contributed by atoms with Gasteiger partial charge < -0.3 is 15.2 Å². The molecule has 0 atom stereocenters. The lowest BCUT2D eigenvalue weighted by atomic mass is 10.1. The molecule has 0 radical (unpaired) electrons. The number of aromatic nitrogens is 4. The fourth-order valence-corrected chi connectivity index (χ4v) is 3.00. The number of aryl methyl sites for hydroxylation is 2. The molecule has 0 saturated heterocycles. The number of carbonyl (C=O) groups excluding carboxylic acids is 2. The van der Waals surface area contributed by atoms with Gasteiger partial charge in [-0.1, -0.05) is 30.0 Å². The highest BCUT2D eigenvalue weighted by Crippen LogP contribution is 2.20. The molecule has 0 aliphatic heterocycles. The average Bonchev–Trinajstić information content (AvgIpc) is 3.11. The molecule has 0 spiro atoms. The molecule has 0 unspecified atom stereocenters. The molecule has 0 saturated carbocycles. The molecule has 27 heavy (non-hydrogen) atoms. The van der Waals surface area contributed by atoms with Crippen LogP contribution in [0.15, 0.2) is 47.6 Å². The number of rotatable bonds is 6. The monoisotopic (exact) mass is 382 g/mol. The summed E-state index contributed by atoms with van der Waals surface area (Å²) in [6, 6.07) is 11.6. The van der Waals surface area contributed by atoms with Gasteiger partial charge in [0.2, 0.25) is 11.1 Å². The molecular formula is C18H16N5O3S-. The van der Waals surface area contributed by atoms with Crippen molar-refractivity contribution in [2.75, 3.05) is 11.1 Å². The van der Waals surface area contributed by atoms with E-state index in [1.807, 2.05) is 32.0 Å². The van der Waals surface area contributed by atoms with E-state index in [9.17, 15) is 14.7 Å². The normalized spacial score (nSPS) is 10.6. The number of nitrogens with zero attached hydrogens (tertiary/aromatic N) is 4. The SMILES string of the molecule is Cc1ccc(-n2nnnc2SCC(=O)Nc2ccc(C(=O)[O-])cc2)cc1C. The van der Waals surface area contributed by atoms with Crippen molar-refractivity contribution in [3.05, 3.63) is 59.2 Å². The Morgan fingerprint density at radius 1 is 1.11 bits per heavy atom. The summed E-state index contributed by atoms with van der Waals surface area (Å²) in [4.78, 5) is 22.9. The van der Waals surface area contributed by atoms with Crippen LogP contribution in [0.2, 0.25) is 0 Å². The number of carboxylic acid groups (broad SMARTS) is 1. The number of carboxylic acids is 1. The van der Waals surface area contributed by atoms with Gasteiger partial charge in [0.25, 0.3) is 0 Å². The number of anilines is 1. The van der Waals surface area contributed by atoms with E-state index in [1.54, 1.807) is 4.68 Å². The molecule has 9 heteroatoms. The lowest BCUT2D eigenvalue weighted by Crippen LogP contribution is -2.22. The maximum absolute atomic E-state index is 12.1. The van der Waals surface area contributed by atoms with Crippen LogP contribution in [-0.4, -0.2) is 37.8 Å². The molecule has 0 aliphatic rings. The molecule has 1 amide bonds. The van der Waals surface area contributed by atoms with Crippen molar-refractivity contribution >= 4 is 29.3 Å². The second-order valence-electron chi connectivity index (χ2n) is 5.84. The minimum Gasteiger partial charge on any atom is -0.545 e. The number of carbonyl (C=O) groups is 2. The van der Waals surface area contributed by atoms with E-state index in [1.165, 1.54) is 41.6 Å². The summed E-state index contributed by atoms with van der Waals surface area (Å²) in [5.74, 6) is -1.41. The third-order valence-corrected chi connectivity index (χ3v) is 4.83. The summed E-state index contributed by atoms with van der Waals surface area (Å²) >= 11 is 1.20. The minimum absolute atomic E-state index is 0.0509. The van der Waals surface area contributed by atoms with Gasteiger partial charge in [0, 0.05) is 5.69 Å². The van der Waals surface area contributed by atoms with Gasteiger partial charge in [-0.25, -0.2) is 0 Å². The molecular weight excluding hydrogens is 366 g/mol. The minimum atomic E-state index is -1.26. The van der Waals surface area contributed by atoms with E-state index in [2.05, 4.69) is 20.8 Å². The summed E-state index contributed by atoms with van der Waals surface area (Å²) in [6.45, 7) is 4.04. The Balaban J connectivity index is 1.63. The van der Waals surface area contributed by atoms with Gasteiger partial charge in [-0.3, -0.25) is 4.79 Å². The van der Waals surface area contributed by atoms with Crippen LogP contribution < -0.4 is 10.4 Å². The van der Waals surface area contributed by atoms with Crippen LogP contribution >= 0.6 is 11.8 Å². The fourth-order valence-electron chi connectivity index (χ4n) is 2.31. The number of hydrogen-bond donors (Lipinski definition) is 1. The molecule has 1 aromatic heterocycles. The first-order valence-corrected chi connectivity index (χ1v) is 9.02. The van der Waals surface area contributed by atoms with E-state index < -0.39 is 5.97 Å². The van der Waals surface area contributed by atoms with Crippen LogP contribution in [0.3, 0.4) is 0 Å². The van der Waals surface area contributed by atoms with Gasteiger partial charge in [-0.2, -0.15) is 4.68 Å². The largest absolute Gasteiger partial charge is 0.545 e. The van der Waals surface area contributed by atoms with Gasteiger partial charge in [0.05, 0.1) is 17.4 Å². The van der Waals surface area contributed by atoms with Gasteiger partial charge >= 0.3 is 0 Å². The predicted octanol–water partition coefficient (Wildman–Crippen LogP) is 1.37. The van der Waals surface area contributed by atoms with Crippen molar-refractivity contribution in [3.63, 3.8) is 0 Å². The molecule has 0 fully saturated rings. The Bertz CT molecular complexity index is 985. The van der Waals surface area contributed by atoms with E-state index in [4.69, 9.17) is 0 Å². The van der Waals surface area contributed by atoms with Crippen LogP contribution in [-0.2, 0) is 4.79 Å². The topological polar surface area (TPSA) is 113 Å². The molecule has 2 aromatic carbocycles. The highest BCUT2D eigenvalue weighted by Gasteiger charge is 2.12. The van der Waals surface area contributed by atoms with E-state index in [0.717, 1.165) is 11.3 Å². The number of amides is 1. The smallest absolute Gasteiger partial charge is 0.234 e. The van der Waals surface area contributed by atoms with Crippen molar-refractivity contribution in [2.45, 2.75) is 19.0 Å². The highest BCUT2D eigenvalue weighted by molar-refractivity contribution is 7.99. The zero-order valence-corrected chi connectivity index (χ0v) is 15.5. The van der Waals surface area contributed by atoms with E-state index >= 15 is 0 Å². The Hall–Kier alpha value is -3.20. The maximum atomic E-state index is 12.1. The molecule has 1 heterocycles. The number of benzene rings is 2. The van der Waals surface area contributed by atoms with Crippen LogP contribution in [0.5, 0.6) is 0 Å². The fraction of sp³-hybridized carbons (Fsp3) is 0.167. The molecule has 3 rings (SSSR count). The Labute approximate surface area is 159 Å². The molecule has 0 aliphatic carbocycles. The van der Waals surface area contributed by atoms with Crippen LogP contribution in [0.4, 0.5) is 5.69 Å². The van der Waals surface area contributed by atoms with E-state index in [0.29, 0.717) is 10.8 Å². The third-order valence-electron chi connectivity index (χ3n) is 3.91. The van der Waals surface area contributed by atoms with Crippen LogP contribution in [0, 0.1) is 13.8 Å². The standard InChI is InChI=1S/C18H17N5O3S/c1-11-3-8-15(9-12(11)2)23-18(20-21-22-23)27-10-16(24)19-14-6-4-13(5-7-14)17(25)26/h3-9H,10H2,1-2H3,(H,19,24)(H,25,26)/p-1. The maximum Gasteiger partial charge on any atom is 0.234 e. The van der Waals surface area contributed by atoms with Crippen molar-refractivity contribution in [1.82, 2.24) is 20.2 Å². The van der Waals surface area contributed by atoms with Gasteiger partial charge in [0.1, 0.15) is 0 Å². The lowest BCUT2D eigenvalue weighted by molar-refractivity contribution is -0.255. The highest BCUT2D eigenvalue weighted by atomic mass is 32.2. The number of nitrogens with one attached hydrogen (secondary N) is 1. The zero-order valence-electron chi connectivity index (χ0n) is 14.7. The lowest BCUT2D eigenvalue weighted by Gasteiger charge is -2.08. The van der Waals surface area contributed by atoms with Gasteiger partial charge in [0.15, 0.2) is 0 Å². The molecule has 0 bridgehead atoms. The first kappa shape index (κ1) is 18.6. The second kappa shape index (κ2) is 8.00. The van der Waals surface area contributed by atoms with Crippen LogP contribution in [0.25, 0.3) is 5.69 Å². The summed E-state index contributed by atoms with van der Waals surface area (Å²) in [5.41, 5.74) is 3.67. The van der Waals surface area contributed by atoms with Gasteiger partial charge in [-0.05, 0) is 65.2 Å². The summed E-state index contributed by atoms with van der Waals surface area (Å²) in [6.07, 6.45) is 0. The molecule has 3 aromatic rings. The number of hydrogen-bond acceptors (Lipinski definition) is 7. The van der Waals surface area contributed by atoms with Crippen molar-refractivity contribution in [3.8, 4) is 5.69 Å². The van der Waals surface area contributed by atoms with Crippen molar-refractivity contribution < 1.29 is 14.7 Å². The zero-order chi connectivity index (χ0) is 19.4.